The number of hydrogen-bond acceptors (Lipinski definition) is 2. The maximum absolute atomic E-state index is 11.6. The van der Waals surface area contributed by atoms with Crippen LogP contribution in [-0.2, 0) is 11.3 Å². The van der Waals surface area contributed by atoms with Crippen molar-refractivity contribution in [1.82, 2.24) is 4.90 Å². The predicted octanol–water partition coefficient (Wildman–Crippen LogP) is 2.19. The third-order valence-corrected chi connectivity index (χ3v) is 3.63. The van der Waals surface area contributed by atoms with Crippen LogP contribution in [0.4, 0.5) is 5.69 Å². The van der Waals surface area contributed by atoms with E-state index in [9.17, 15) is 4.79 Å². The van der Waals surface area contributed by atoms with Crippen LogP contribution in [-0.4, -0.2) is 29.9 Å². The highest BCUT2D eigenvalue weighted by atomic mass is 16.1. The number of benzene rings is 1. The Labute approximate surface area is 126 Å². The van der Waals surface area contributed by atoms with Crippen molar-refractivity contribution in [2.75, 3.05) is 12.4 Å². The van der Waals surface area contributed by atoms with Crippen LogP contribution in [0.3, 0.4) is 0 Å². The first kappa shape index (κ1) is 15.4. The molecular weight excluding hydrogens is 264 g/mol. The van der Waals surface area contributed by atoms with E-state index in [0.717, 1.165) is 11.3 Å². The first-order valence-corrected chi connectivity index (χ1v) is 7.40. The van der Waals surface area contributed by atoms with Gasteiger partial charge in [0.05, 0.1) is 6.54 Å². The highest BCUT2D eigenvalue weighted by molar-refractivity contribution is 5.92. The number of nitrogens with two attached hydrogens (primary N) is 1. The molecular formula is C16H24N4O. The summed E-state index contributed by atoms with van der Waals surface area (Å²) < 4.78 is 0. The minimum absolute atomic E-state index is 0.0213. The van der Waals surface area contributed by atoms with Crippen molar-refractivity contribution in [1.29, 1.82) is 0 Å². The SMILES string of the molecule is CC(C)C(=O)Nc1ccc(CN=C(N)N(C)C2CC2)cc1. The van der Waals surface area contributed by atoms with E-state index in [1.807, 2.05) is 50.1 Å². The second-order valence-corrected chi connectivity index (χ2v) is 5.86. The molecule has 5 nitrogen and oxygen atoms in total. The minimum Gasteiger partial charge on any atom is -0.370 e. The number of carbonyl (C=O) groups is 1. The largest absolute Gasteiger partial charge is 0.370 e. The lowest BCUT2D eigenvalue weighted by Gasteiger charge is -2.16. The average Bonchev–Trinajstić information content (AvgIpc) is 3.29. The Morgan fingerprint density at radius 3 is 2.52 bits per heavy atom. The first-order chi connectivity index (χ1) is 9.97. The van der Waals surface area contributed by atoms with E-state index < -0.39 is 0 Å². The Morgan fingerprint density at radius 1 is 1.38 bits per heavy atom. The molecule has 0 atom stereocenters. The molecule has 0 saturated heterocycles. The van der Waals surface area contributed by atoms with Crippen molar-refractivity contribution >= 4 is 17.6 Å². The number of anilines is 1. The summed E-state index contributed by atoms with van der Waals surface area (Å²) in [6, 6.07) is 8.29. The van der Waals surface area contributed by atoms with Crippen LogP contribution in [0.2, 0.25) is 0 Å². The summed E-state index contributed by atoms with van der Waals surface area (Å²) in [5.74, 6) is 0.595. The van der Waals surface area contributed by atoms with E-state index in [2.05, 4.69) is 10.3 Å². The molecule has 0 radical (unpaired) electrons. The number of amides is 1. The van der Waals surface area contributed by atoms with Gasteiger partial charge in [0, 0.05) is 24.7 Å². The molecule has 1 saturated carbocycles. The third kappa shape index (κ3) is 4.48. The lowest BCUT2D eigenvalue weighted by Crippen LogP contribution is -2.35. The molecule has 0 aliphatic heterocycles. The molecule has 1 fully saturated rings. The fraction of sp³-hybridized carbons (Fsp3) is 0.500. The number of aliphatic imine (C=N–C) groups is 1. The smallest absolute Gasteiger partial charge is 0.226 e. The second-order valence-electron chi connectivity index (χ2n) is 5.86. The van der Waals surface area contributed by atoms with Crippen LogP contribution in [0.25, 0.3) is 0 Å². The van der Waals surface area contributed by atoms with Crippen molar-refractivity contribution in [2.45, 2.75) is 39.3 Å². The van der Waals surface area contributed by atoms with Crippen LogP contribution in [0, 0.1) is 5.92 Å². The number of hydrogen-bond donors (Lipinski definition) is 2. The van der Waals surface area contributed by atoms with Gasteiger partial charge >= 0.3 is 0 Å². The minimum atomic E-state index is -0.0213. The molecule has 3 N–H and O–H groups in total. The summed E-state index contributed by atoms with van der Waals surface area (Å²) in [7, 11) is 1.99. The molecule has 5 heteroatoms. The zero-order chi connectivity index (χ0) is 15.4. The third-order valence-electron chi connectivity index (χ3n) is 3.63. The van der Waals surface area contributed by atoms with Crippen molar-refractivity contribution in [2.24, 2.45) is 16.6 Å². The maximum atomic E-state index is 11.6. The standard InChI is InChI=1S/C16H24N4O/c1-11(2)15(21)19-13-6-4-12(5-7-13)10-18-16(17)20(3)14-8-9-14/h4-7,11,14H,8-10H2,1-3H3,(H2,17,18)(H,19,21). The summed E-state index contributed by atoms with van der Waals surface area (Å²) in [6.45, 7) is 4.30. The van der Waals surface area contributed by atoms with Gasteiger partial charge in [0.15, 0.2) is 5.96 Å². The van der Waals surface area contributed by atoms with Gasteiger partial charge in [0.25, 0.3) is 0 Å². The van der Waals surface area contributed by atoms with Crippen molar-refractivity contribution in [3.8, 4) is 0 Å². The Balaban J connectivity index is 1.90. The fourth-order valence-electron chi connectivity index (χ4n) is 1.91. The molecule has 1 aliphatic carbocycles. The lowest BCUT2D eigenvalue weighted by molar-refractivity contribution is -0.118. The molecule has 1 amide bonds. The predicted molar refractivity (Wildman–Crippen MR) is 86.0 cm³/mol. The summed E-state index contributed by atoms with van der Waals surface area (Å²) in [5.41, 5.74) is 7.84. The van der Waals surface area contributed by atoms with E-state index in [4.69, 9.17) is 5.73 Å². The summed E-state index contributed by atoms with van der Waals surface area (Å²) >= 11 is 0. The van der Waals surface area contributed by atoms with E-state index in [-0.39, 0.29) is 11.8 Å². The molecule has 21 heavy (non-hydrogen) atoms. The van der Waals surface area contributed by atoms with E-state index in [0.29, 0.717) is 18.5 Å². The summed E-state index contributed by atoms with van der Waals surface area (Å²) in [5, 5.41) is 2.87. The molecule has 114 valence electrons. The number of guanidine groups is 1. The van der Waals surface area contributed by atoms with E-state index in [1.54, 1.807) is 0 Å². The van der Waals surface area contributed by atoms with Crippen molar-refractivity contribution < 1.29 is 4.79 Å². The van der Waals surface area contributed by atoms with Crippen molar-refractivity contribution in [3.05, 3.63) is 29.8 Å². The lowest BCUT2D eigenvalue weighted by atomic mass is 10.2. The van der Waals surface area contributed by atoms with Gasteiger partial charge in [0.2, 0.25) is 5.91 Å². The van der Waals surface area contributed by atoms with Gasteiger partial charge in [-0.1, -0.05) is 26.0 Å². The van der Waals surface area contributed by atoms with Crippen LogP contribution in [0.15, 0.2) is 29.3 Å². The van der Waals surface area contributed by atoms with Crippen molar-refractivity contribution in [3.63, 3.8) is 0 Å². The van der Waals surface area contributed by atoms with Crippen LogP contribution in [0.5, 0.6) is 0 Å². The van der Waals surface area contributed by atoms with Gasteiger partial charge in [-0.25, -0.2) is 4.99 Å². The average molecular weight is 288 g/mol. The second kappa shape index (κ2) is 6.61. The number of nitrogens with zero attached hydrogens (tertiary/aromatic N) is 2. The quantitative estimate of drug-likeness (QED) is 0.644. The van der Waals surface area contributed by atoms with Crippen LogP contribution >= 0.6 is 0 Å². The number of rotatable bonds is 5. The molecule has 1 aromatic rings. The normalized spacial score (nSPS) is 15.1. The topological polar surface area (TPSA) is 70.7 Å². The molecule has 0 unspecified atom stereocenters. The molecule has 1 aromatic carbocycles. The number of nitrogens with one attached hydrogen (secondary N) is 1. The Bertz CT molecular complexity index is 518. The maximum Gasteiger partial charge on any atom is 0.226 e. The summed E-state index contributed by atoms with van der Waals surface area (Å²) in [6.07, 6.45) is 2.41. The Hall–Kier alpha value is -2.04. The van der Waals surface area contributed by atoms with Crippen LogP contribution < -0.4 is 11.1 Å². The first-order valence-electron chi connectivity index (χ1n) is 7.40. The Kier molecular flexibility index (Phi) is 4.83. The molecule has 0 spiro atoms. The van der Waals surface area contributed by atoms with E-state index >= 15 is 0 Å². The zero-order valence-electron chi connectivity index (χ0n) is 13.0. The summed E-state index contributed by atoms with van der Waals surface area (Å²) in [4.78, 5) is 18.0. The van der Waals surface area contributed by atoms with Gasteiger partial charge < -0.3 is 16.0 Å². The van der Waals surface area contributed by atoms with Gasteiger partial charge in [-0.3, -0.25) is 4.79 Å². The Morgan fingerprint density at radius 2 is 2.00 bits per heavy atom. The zero-order valence-corrected chi connectivity index (χ0v) is 13.0. The van der Waals surface area contributed by atoms with Crippen LogP contribution in [0.1, 0.15) is 32.3 Å². The van der Waals surface area contributed by atoms with Gasteiger partial charge in [0.1, 0.15) is 0 Å². The molecule has 2 rings (SSSR count). The molecule has 0 bridgehead atoms. The van der Waals surface area contributed by atoms with Gasteiger partial charge in [-0.2, -0.15) is 0 Å². The fourth-order valence-corrected chi connectivity index (χ4v) is 1.91. The molecule has 0 aromatic heterocycles. The number of carbonyl (C=O) groups excluding carboxylic acids is 1. The monoisotopic (exact) mass is 288 g/mol. The van der Waals surface area contributed by atoms with Gasteiger partial charge in [-0.15, -0.1) is 0 Å². The van der Waals surface area contributed by atoms with Gasteiger partial charge in [-0.05, 0) is 30.5 Å². The highest BCUT2D eigenvalue weighted by Gasteiger charge is 2.27. The van der Waals surface area contributed by atoms with E-state index in [1.165, 1.54) is 12.8 Å². The highest BCUT2D eigenvalue weighted by Crippen LogP contribution is 2.25. The molecule has 0 heterocycles. The molecule has 1 aliphatic rings.